The zero-order valence-electron chi connectivity index (χ0n) is 16.4. The molecular formula is C22H21ClN2O5. The van der Waals surface area contributed by atoms with Crippen LogP contribution in [0.2, 0.25) is 5.02 Å². The predicted molar refractivity (Wildman–Crippen MR) is 110 cm³/mol. The van der Waals surface area contributed by atoms with E-state index in [4.69, 9.17) is 16.3 Å². The summed E-state index contributed by atoms with van der Waals surface area (Å²) in [4.78, 5) is 50.3. The number of amides is 3. The van der Waals surface area contributed by atoms with E-state index < -0.39 is 24.4 Å². The Morgan fingerprint density at radius 3 is 2.53 bits per heavy atom. The number of ether oxygens (including phenoxy) is 1. The van der Waals surface area contributed by atoms with Gasteiger partial charge in [-0.3, -0.25) is 19.3 Å². The van der Waals surface area contributed by atoms with Gasteiger partial charge in [-0.25, -0.2) is 4.79 Å². The zero-order chi connectivity index (χ0) is 21.7. The molecule has 0 radical (unpaired) electrons. The Balaban J connectivity index is 1.57. The van der Waals surface area contributed by atoms with Gasteiger partial charge in [-0.1, -0.05) is 43.1 Å². The third-order valence-electron chi connectivity index (χ3n) is 4.71. The quantitative estimate of drug-likeness (QED) is 0.514. The number of hydrogen-bond acceptors (Lipinski definition) is 5. The lowest BCUT2D eigenvalue weighted by atomic mass is 10.1. The molecule has 0 aliphatic carbocycles. The van der Waals surface area contributed by atoms with Gasteiger partial charge in [-0.2, -0.15) is 0 Å². The molecule has 156 valence electrons. The number of esters is 1. The number of fused-ring (bicyclic) bond motifs is 1. The number of rotatable bonds is 8. The number of carbonyl (C=O) groups excluding carboxylic acids is 4. The number of benzene rings is 2. The van der Waals surface area contributed by atoms with E-state index in [2.05, 4.69) is 5.32 Å². The summed E-state index contributed by atoms with van der Waals surface area (Å²) in [7, 11) is 0. The van der Waals surface area contributed by atoms with E-state index in [0.717, 1.165) is 12.0 Å². The predicted octanol–water partition coefficient (Wildman–Crippen LogP) is 3.21. The highest BCUT2D eigenvalue weighted by atomic mass is 35.5. The van der Waals surface area contributed by atoms with Gasteiger partial charge in [0.05, 0.1) is 16.7 Å². The third kappa shape index (κ3) is 4.68. The van der Waals surface area contributed by atoms with Crippen molar-refractivity contribution in [3.05, 3.63) is 69.7 Å². The molecule has 0 fully saturated rings. The van der Waals surface area contributed by atoms with Crippen molar-refractivity contribution in [2.45, 2.75) is 26.3 Å². The van der Waals surface area contributed by atoms with Gasteiger partial charge >= 0.3 is 5.97 Å². The van der Waals surface area contributed by atoms with Gasteiger partial charge in [-0.15, -0.1) is 0 Å². The van der Waals surface area contributed by atoms with Crippen molar-refractivity contribution in [2.24, 2.45) is 0 Å². The monoisotopic (exact) mass is 428 g/mol. The van der Waals surface area contributed by atoms with Gasteiger partial charge in [0.15, 0.2) is 6.61 Å². The number of carbonyl (C=O) groups is 4. The van der Waals surface area contributed by atoms with Gasteiger partial charge in [0.2, 0.25) is 0 Å². The summed E-state index contributed by atoms with van der Waals surface area (Å²) in [5, 5.41) is 3.15. The summed E-state index contributed by atoms with van der Waals surface area (Å²) in [5.74, 6) is -2.02. The highest BCUT2D eigenvalue weighted by Crippen LogP contribution is 2.24. The van der Waals surface area contributed by atoms with Crippen molar-refractivity contribution in [3.8, 4) is 0 Å². The maximum atomic E-state index is 12.5. The van der Waals surface area contributed by atoms with Crippen molar-refractivity contribution in [1.82, 2.24) is 10.2 Å². The SMILES string of the molecule is CCCCN1C(=O)c2ccc(C(=O)OCC(=O)NCc3ccccc3Cl)cc2C1=O. The lowest BCUT2D eigenvalue weighted by Crippen LogP contribution is -2.30. The van der Waals surface area contributed by atoms with Crippen molar-refractivity contribution >= 4 is 35.3 Å². The van der Waals surface area contributed by atoms with Crippen LogP contribution < -0.4 is 5.32 Å². The number of nitrogens with zero attached hydrogens (tertiary/aromatic N) is 1. The van der Waals surface area contributed by atoms with Gasteiger partial charge in [-0.05, 0) is 36.2 Å². The molecule has 2 aromatic carbocycles. The van der Waals surface area contributed by atoms with E-state index in [9.17, 15) is 19.2 Å². The Labute approximate surface area is 179 Å². The Morgan fingerprint density at radius 2 is 1.80 bits per heavy atom. The molecule has 0 unspecified atom stereocenters. The van der Waals surface area contributed by atoms with E-state index in [-0.39, 0.29) is 29.1 Å². The molecule has 0 bridgehead atoms. The Morgan fingerprint density at radius 1 is 1.07 bits per heavy atom. The van der Waals surface area contributed by atoms with Crippen molar-refractivity contribution in [3.63, 3.8) is 0 Å². The first-order chi connectivity index (χ1) is 14.4. The van der Waals surface area contributed by atoms with Crippen LogP contribution in [0, 0.1) is 0 Å². The maximum absolute atomic E-state index is 12.5. The molecule has 3 amide bonds. The van der Waals surface area contributed by atoms with Gasteiger partial charge in [0, 0.05) is 18.1 Å². The third-order valence-corrected chi connectivity index (χ3v) is 5.08. The molecule has 0 saturated carbocycles. The normalized spacial score (nSPS) is 12.7. The van der Waals surface area contributed by atoms with Crippen LogP contribution in [-0.4, -0.2) is 41.7 Å². The molecule has 7 nitrogen and oxygen atoms in total. The summed E-state index contributed by atoms with van der Waals surface area (Å²) in [6, 6.07) is 11.3. The minimum Gasteiger partial charge on any atom is -0.452 e. The Bertz CT molecular complexity index is 1000. The standard InChI is InChI=1S/C22H21ClN2O5/c1-2-3-10-25-20(27)16-9-8-14(11-17(16)21(25)28)22(29)30-13-19(26)24-12-15-6-4-5-7-18(15)23/h4-9,11H,2-3,10,12-13H2,1H3,(H,24,26). The number of imide groups is 1. The molecule has 2 aromatic rings. The van der Waals surface area contributed by atoms with E-state index >= 15 is 0 Å². The highest BCUT2D eigenvalue weighted by molar-refractivity contribution is 6.31. The Kier molecular flexibility index (Phi) is 6.84. The van der Waals surface area contributed by atoms with E-state index in [1.807, 2.05) is 6.92 Å². The molecular weight excluding hydrogens is 408 g/mol. The van der Waals surface area contributed by atoms with Crippen molar-refractivity contribution in [1.29, 1.82) is 0 Å². The first kappa shape index (κ1) is 21.5. The fourth-order valence-corrected chi connectivity index (χ4v) is 3.24. The maximum Gasteiger partial charge on any atom is 0.338 e. The van der Waals surface area contributed by atoms with Crippen LogP contribution in [0.5, 0.6) is 0 Å². The van der Waals surface area contributed by atoms with E-state index in [1.54, 1.807) is 24.3 Å². The van der Waals surface area contributed by atoms with Gasteiger partial charge in [0.1, 0.15) is 0 Å². The van der Waals surface area contributed by atoms with Crippen molar-refractivity contribution < 1.29 is 23.9 Å². The molecule has 0 aromatic heterocycles. The molecule has 8 heteroatoms. The van der Waals surface area contributed by atoms with Gasteiger partial charge in [0.25, 0.3) is 17.7 Å². The summed E-state index contributed by atoms with van der Waals surface area (Å²) in [6.45, 7) is 2.04. The molecule has 1 heterocycles. The largest absolute Gasteiger partial charge is 0.452 e. The molecule has 30 heavy (non-hydrogen) atoms. The van der Waals surface area contributed by atoms with Crippen molar-refractivity contribution in [2.75, 3.05) is 13.2 Å². The second-order valence-electron chi connectivity index (χ2n) is 6.82. The van der Waals surface area contributed by atoms with Crippen LogP contribution in [0.15, 0.2) is 42.5 Å². The second kappa shape index (κ2) is 9.54. The van der Waals surface area contributed by atoms with Crippen LogP contribution >= 0.6 is 11.6 Å². The van der Waals surface area contributed by atoms with E-state index in [0.29, 0.717) is 18.0 Å². The van der Waals surface area contributed by atoms with Crippen LogP contribution in [-0.2, 0) is 16.1 Å². The topological polar surface area (TPSA) is 92.8 Å². The fraction of sp³-hybridized carbons (Fsp3) is 0.273. The van der Waals surface area contributed by atoms with Crippen LogP contribution in [0.3, 0.4) is 0 Å². The number of nitrogens with one attached hydrogen (secondary N) is 1. The Hall–Kier alpha value is -3.19. The smallest absolute Gasteiger partial charge is 0.338 e. The summed E-state index contributed by atoms with van der Waals surface area (Å²) >= 11 is 6.03. The summed E-state index contributed by atoms with van der Waals surface area (Å²) in [5.41, 5.74) is 1.29. The molecule has 0 saturated heterocycles. The lowest BCUT2D eigenvalue weighted by Gasteiger charge is -2.12. The lowest BCUT2D eigenvalue weighted by molar-refractivity contribution is -0.124. The molecule has 0 atom stereocenters. The minimum atomic E-state index is -0.752. The zero-order valence-corrected chi connectivity index (χ0v) is 17.2. The molecule has 3 rings (SSSR count). The average molecular weight is 429 g/mol. The number of unbranched alkanes of at least 4 members (excludes halogenated alkanes) is 1. The van der Waals surface area contributed by atoms with Crippen LogP contribution in [0.1, 0.15) is 56.4 Å². The van der Waals surface area contributed by atoms with Crippen LogP contribution in [0.4, 0.5) is 0 Å². The minimum absolute atomic E-state index is 0.103. The summed E-state index contributed by atoms with van der Waals surface area (Å²) < 4.78 is 5.03. The summed E-state index contributed by atoms with van der Waals surface area (Å²) in [6.07, 6.45) is 1.56. The highest BCUT2D eigenvalue weighted by Gasteiger charge is 2.35. The van der Waals surface area contributed by atoms with E-state index in [1.165, 1.54) is 23.1 Å². The molecule has 1 aliphatic rings. The second-order valence-corrected chi connectivity index (χ2v) is 7.23. The average Bonchev–Trinajstić information content (AvgIpc) is 2.99. The molecule has 1 N–H and O–H groups in total. The number of halogens is 1. The fourth-order valence-electron chi connectivity index (χ4n) is 3.04. The first-order valence-corrected chi connectivity index (χ1v) is 9.97. The first-order valence-electron chi connectivity index (χ1n) is 9.59. The molecule has 0 spiro atoms. The number of hydrogen-bond donors (Lipinski definition) is 1. The molecule has 1 aliphatic heterocycles. The van der Waals surface area contributed by atoms with Gasteiger partial charge < -0.3 is 10.1 Å². The van der Waals surface area contributed by atoms with Crippen LogP contribution in [0.25, 0.3) is 0 Å².